The average molecular weight is 543 g/mol. The molecular weight excluding hydrogens is 493 g/mol. The maximum atomic E-state index is 6.82. The Morgan fingerprint density at radius 3 is 1.42 bits per heavy atom. The van der Waals surface area contributed by atoms with Gasteiger partial charge in [-0.3, -0.25) is 0 Å². The van der Waals surface area contributed by atoms with Crippen molar-refractivity contribution in [2.24, 2.45) is 0 Å². The van der Waals surface area contributed by atoms with Gasteiger partial charge in [0, 0.05) is 12.7 Å². The Bertz CT molecular complexity index is 516. The molecule has 0 N–H and O–H groups in total. The first-order chi connectivity index (χ1) is 13.6. The molecule has 0 rings (SSSR count). The largest absolute Gasteiger partial charge is 0.472 e. The van der Waals surface area contributed by atoms with Crippen molar-refractivity contribution in [1.82, 2.24) is 0 Å². The molecular formula is C19H50O6Si6. The molecule has 0 heterocycles. The summed E-state index contributed by atoms with van der Waals surface area (Å²) in [4.78, 5) is 0. The maximum Gasteiger partial charge on any atom is 0.472 e. The summed E-state index contributed by atoms with van der Waals surface area (Å²) in [5.74, 6) is 0. The van der Waals surface area contributed by atoms with Gasteiger partial charge in [-0.1, -0.05) is 12.2 Å². The van der Waals surface area contributed by atoms with Crippen molar-refractivity contribution in [2.45, 2.75) is 98.0 Å². The van der Waals surface area contributed by atoms with E-state index in [1.165, 1.54) is 0 Å². The molecule has 0 aliphatic carbocycles. The molecule has 0 spiro atoms. The lowest BCUT2D eigenvalue weighted by Gasteiger charge is -2.42. The zero-order chi connectivity index (χ0) is 24.7. The Labute approximate surface area is 199 Å². The van der Waals surface area contributed by atoms with Crippen LogP contribution < -0.4 is 0 Å². The summed E-state index contributed by atoms with van der Waals surface area (Å²) in [5, 5.41) is 0. The van der Waals surface area contributed by atoms with Crippen molar-refractivity contribution in [3.8, 4) is 0 Å². The van der Waals surface area contributed by atoms with E-state index in [0.29, 0.717) is 19.3 Å². The van der Waals surface area contributed by atoms with Crippen molar-refractivity contribution >= 4 is 51.6 Å². The van der Waals surface area contributed by atoms with Crippen LogP contribution in [0.4, 0.5) is 0 Å². The third-order valence-electron chi connectivity index (χ3n) is 3.22. The van der Waals surface area contributed by atoms with Gasteiger partial charge in [-0.15, -0.1) is 0 Å². The first-order valence-electron chi connectivity index (χ1n) is 11.3. The van der Waals surface area contributed by atoms with E-state index in [0.717, 1.165) is 12.0 Å². The van der Waals surface area contributed by atoms with Crippen molar-refractivity contribution in [2.75, 3.05) is 13.2 Å². The van der Waals surface area contributed by atoms with Crippen LogP contribution in [0.3, 0.4) is 0 Å². The lowest BCUT2D eigenvalue weighted by molar-refractivity contribution is 0.148. The van der Waals surface area contributed by atoms with Gasteiger partial charge in [0.1, 0.15) is 0 Å². The number of hydrogen-bond donors (Lipinski definition) is 0. The molecule has 0 unspecified atom stereocenters. The molecule has 0 saturated carbocycles. The second-order valence-corrected chi connectivity index (χ2v) is 35.9. The quantitative estimate of drug-likeness (QED) is 0.134. The highest BCUT2D eigenvalue weighted by Crippen LogP contribution is 2.29. The normalized spacial score (nSPS) is 14.4. The lowest BCUT2D eigenvalue weighted by Crippen LogP contribution is -2.61. The van der Waals surface area contributed by atoms with Crippen LogP contribution in [0.1, 0.15) is 13.3 Å². The fourth-order valence-electron chi connectivity index (χ4n) is 2.60. The van der Waals surface area contributed by atoms with Crippen LogP contribution in [-0.2, 0) is 25.3 Å². The van der Waals surface area contributed by atoms with Crippen LogP contribution in [0.25, 0.3) is 0 Å². The highest BCUT2D eigenvalue weighted by atomic mass is 28.5. The molecule has 12 heteroatoms. The zero-order valence-corrected chi connectivity index (χ0v) is 28.7. The van der Waals surface area contributed by atoms with Gasteiger partial charge < -0.3 is 25.3 Å². The Balaban J connectivity index is 5.88. The summed E-state index contributed by atoms with van der Waals surface area (Å²) in [5.41, 5.74) is 1.02. The van der Waals surface area contributed by atoms with E-state index in [4.69, 9.17) is 25.3 Å². The van der Waals surface area contributed by atoms with Crippen LogP contribution in [0.5, 0.6) is 0 Å². The Hall–Kier alpha value is 0.801. The highest BCUT2D eigenvalue weighted by molar-refractivity contribution is 6.89. The summed E-state index contributed by atoms with van der Waals surface area (Å²) in [7, 11) is -13.1. The van der Waals surface area contributed by atoms with E-state index in [2.05, 4.69) is 85.1 Å². The first kappa shape index (κ1) is 31.8. The van der Waals surface area contributed by atoms with Gasteiger partial charge in [0.05, 0.1) is 6.61 Å². The van der Waals surface area contributed by atoms with Gasteiger partial charge in [-0.05, 0) is 91.9 Å². The molecule has 0 fully saturated rings. The van der Waals surface area contributed by atoms with Gasteiger partial charge >= 0.3 is 18.3 Å². The van der Waals surface area contributed by atoms with Crippen molar-refractivity contribution in [1.29, 1.82) is 0 Å². The molecule has 0 aromatic rings. The minimum atomic E-state index is -3.03. The van der Waals surface area contributed by atoms with Crippen LogP contribution in [0.15, 0.2) is 12.2 Å². The molecule has 0 saturated heterocycles. The third-order valence-corrected chi connectivity index (χ3v) is 21.0. The summed E-state index contributed by atoms with van der Waals surface area (Å²) < 4.78 is 39.1. The van der Waals surface area contributed by atoms with Crippen molar-refractivity contribution in [3.05, 3.63) is 12.2 Å². The van der Waals surface area contributed by atoms with E-state index < -0.39 is 51.6 Å². The third kappa shape index (κ3) is 18.9. The minimum absolute atomic E-state index is 0.577. The minimum Gasteiger partial charge on any atom is -0.419 e. The van der Waals surface area contributed by atoms with E-state index in [9.17, 15) is 0 Å². The molecule has 0 aliphatic heterocycles. The van der Waals surface area contributed by atoms with Crippen LogP contribution in [-0.4, -0.2) is 64.8 Å². The fraction of sp³-hybridized carbons (Fsp3) is 0.895. The van der Waals surface area contributed by atoms with Gasteiger partial charge in [0.25, 0.3) is 0 Å². The summed E-state index contributed by atoms with van der Waals surface area (Å²) in [6.07, 6.45) is 0.815. The van der Waals surface area contributed by atoms with Gasteiger partial charge in [-0.25, -0.2) is 0 Å². The molecule has 0 aromatic carbocycles. The Morgan fingerprint density at radius 2 is 1.10 bits per heavy atom. The molecule has 0 amide bonds. The van der Waals surface area contributed by atoms with E-state index in [1.54, 1.807) is 0 Å². The molecule has 0 radical (unpaired) electrons. The molecule has 0 bridgehead atoms. The topological polar surface area (TPSA) is 55.4 Å². The van der Waals surface area contributed by atoms with E-state index in [1.807, 2.05) is 6.92 Å². The number of rotatable bonds is 16. The molecule has 0 aliphatic rings. The van der Waals surface area contributed by atoms with Crippen molar-refractivity contribution in [3.63, 3.8) is 0 Å². The molecule has 31 heavy (non-hydrogen) atoms. The molecule has 6 nitrogen and oxygen atoms in total. The number of ether oxygens (including phenoxy) is 1. The predicted octanol–water partition coefficient (Wildman–Crippen LogP) is 6.05. The second-order valence-electron chi connectivity index (χ2n) is 12.1. The average Bonchev–Trinajstić information content (AvgIpc) is 2.38. The van der Waals surface area contributed by atoms with E-state index in [-0.39, 0.29) is 0 Å². The molecule has 0 aromatic heterocycles. The van der Waals surface area contributed by atoms with E-state index >= 15 is 0 Å². The number of hydrogen-bond acceptors (Lipinski definition) is 6. The van der Waals surface area contributed by atoms with Crippen LogP contribution >= 0.6 is 0 Å². The standard InChI is InChI=1S/C19H50O6Si6/c1-19(2)18-20-16-15-17-31(24-29(9,10)11,25-30(12,13)14)23-26(21-27(3,4)5)22-28(6,7)8/h26H,1,15-18H2,2-14H3. The predicted molar refractivity (Wildman–Crippen MR) is 147 cm³/mol. The lowest BCUT2D eigenvalue weighted by atomic mass is 10.4. The summed E-state index contributed by atoms with van der Waals surface area (Å²) >= 11 is 0. The smallest absolute Gasteiger partial charge is 0.419 e. The van der Waals surface area contributed by atoms with Crippen molar-refractivity contribution < 1.29 is 25.3 Å². The molecule has 186 valence electrons. The fourth-order valence-corrected chi connectivity index (χ4v) is 21.4. The Kier molecular flexibility index (Phi) is 12.8. The van der Waals surface area contributed by atoms with Gasteiger partial charge in [0.15, 0.2) is 33.3 Å². The zero-order valence-electron chi connectivity index (χ0n) is 22.6. The van der Waals surface area contributed by atoms with Crippen LogP contribution in [0, 0.1) is 0 Å². The Morgan fingerprint density at radius 1 is 0.677 bits per heavy atom. The van der Waals surface area contributed by atoms with Crippen LogP contribution in [0.2, 0.25) is 84.6 Å². The summed E-state index contributed by atoms with van der Waals surface area (Å²) in [6.45, 7) is 33.3. The monoisotopic (exact) mass is 542 g/mol. The van der Waals surface area contributed by atoms with Gasteiger partial charge in [-0.2, -0.15) is 0 Å². The maximum absolute atomic E-state index is 6.82. The second kappa shape index (κ2) is 12.5. The highest BCUT2D eigenvalue weighted by Gasteiger charge is 2.50. The SMILES string of the molecule is C=C(C)COCCC[Si](O[SiH](O[Si](C)(C)C)O[Si](C)(C)C)(O[Si](C)(C)C)O[Si](C)(C)C. The molecule has 0 atom stereocenters. The van der Waals surface area contributed by atoms with Gasteiger partial charge in [0.2, 0.25) is 0 Å². The summed E-state index contributed by atoms with van der Waals surface area (Å²) in [6, 6.07) is 0.714. The first-order valence-corrected chi connectivity index (χ1v) is 28.3.